The Morgan fingerprint density at radius 3 is 0.829 bits per heavy atom. The molecule has 0 aromatic carbocycles. The highest BCUT2D eigenvalue weighted by atomic mass is 16.5. The van der Waals surface area contributed by atoms with Gasteiger partial charge in [-0.05, 0) is 32.1 Å². The highest BCUT2D eigenvalue weighted by Crippen LogP contribution is 2.20. The van der Waals surface area contributed by atoms with Crippen LogP contribution < -0.4 is 5.32 Å². The van der Waals surface area contributed by atoms with Gasteiger partial charge in [-0.15, -0.1) is 0 Å². The zero-order valence-electron chi connectivity index (χ0n) is 56.0. The number of esters is 1. The number of nitrogens with one attached hydrogen (secondary N) is 1. The fourth-order valence-corrected chi connectivity index (χ4v) is 12.3. The van der Waals surface area contributed by atoms with Gasteiger partial charge in [0.05, 0.1) is 25.4 Å². The van der Waals surface area contributed by atoms with Gasteiger partial charge in [0.2, 0.25) is 5.91 Å². The normalized spacial score (nSPS) is 12.5. The quantitative estimate of drug-likeness (QED) is 0.0320. The van der Waals surface area contributed by atoms with Crippen molar-refractivity contribution in [3.63, 3.8) is 0 Å². The molecule has 0 aliphatic carbocycles. The van der Waals surface area contributed by atoms with Gasteiger partial charge < -0.3 is 20.3 Å². The van der Waals surface area contributed by atoms with E-state index in [2.05, 4.69) is 19.2 Å². The van der Waals surface area contributed by atoms with Crippen molar-refractivity contribution in [3.05, 3.63) is 12.2 Å². The molecule has 0 saturated heterocycles. The summed E-state index contributed by atoms with van der Waals surface area (Å²) < 4.78 is 5.50. The molecule has 0 saturated carbocycles. The van der Waals surface area contributed by atoms with E-state index in [0.717, 1.165) is 38.5 Å². The molecule has 488 valence electrons. The van der Waals surface area contributed by atoms with Crippen molar-refractivity contribution in [3.8, 4) is 0 Å². The molecule has 0 aromatic heterocycles. The fraction of sp³-hybridized carbons (Fsp3) is 0.947. The summed E-state index contributed by atoms with van der Waals surface area (Å²) in [6.07, 6.45) is 90.3. The summed E-state index contributed by atoms with van der Waals surface area (Å²) in [6, 6.07) is -0.626. The van der Waals surface area contributed by atoms with Gasteiger partial charge >= 0.3 is 5.97 Å². The Balaban J connectivity index is 3.36. The minimum Gasteiger partial charge on any atom is -0.466 e. The first-order valence-electron chi connectivity index (χ1n) is 38.0. The molecule has 0 heterocycles. The largest absolute Gasteiger partial charge is 0.466 e. The Labute approximate surface area is 514 Å². The highest BCUT2D eigenvalue weighted by molar-refractivity contribution is 5.76. The monoisotopic (exact) mass is 1160 g/mol. The Kier molecular flexibility index (Phi) is 70.8. The van der Waals surface area contributed by atoms with Crippen LogP contribution in [0.25, 0.3) is 0 Å². The molecule has 0 aliphatic heterocycles. The predicted octanol–water partition coefficient (Wildman–Crippen LogP) is 24.7. The van der Waals surface area contributed by atoms with Crippen molar-refractivity contribution in [2.24, 2.45) is 0 Å². The third-order valence-electron chi connectivity index (χ3n) is 18.1. The van der Waals surface area contributed by atoms with Gasteiger partial charge in [-0.3, -0.25) is 9.59 Å². The number of aliphatic hydroxyl groups is 2. The van der Waals surface area contributed by atoms with E-state index in [1.165, 1.54) is 372 Å². The zero-order valence-corrected chi connectivity index (χ0v) is 56.0. The second kappa shape index (κ2) is 72.1. The number of rotatable bonds is 72. The number of hydrogen-bond acceptors (Lipinski definition) is 5. The molecule has 6 nitrogen and oxygen atoms in total. The Morgan fingerprint density at radius 2 is 0.561 bits per heavy atom. The van der Waals surface area contributed by atoms with Crippen LogP contribution in [0.2, 0.25) is 0 Å². The molecule has 0 rings (SSSR count). The number of aliphatic hydroxyl groups excluding tert-OH is 2. The summed E-state index contributed by atoms with van der Waals surface area (Å²) in [6.45, 7) is 4.96. The molecular formula is C76H149NO5. The summed E-state index contributed by atoms with van der Waals surface area (Å²) in [5.74, 6) is -0.0366. The predicted molar refractivity (Wildman–Crippen MR) is 361 cm³/mol. The molecule has 0 aromatic rings. The third-order valence-corrected chi connectivity index (χ3v) is 18.1. The van der Waals surface area contributed by atoms with Gasteiger partial charge in [0.25, 0.3) is 0 Å². The van der Waals surface area contributed by atoms with Crippen molar-refractivity contribution >= 4 is 11.9 Å². The number of hydrogen-bond donors (Lipinski definition) is 3. The fourth-order valence-electron chi connectivity index (χ4n) is 12.3. The lowest BCUT2D eigenvalue weighted by atomic mass is 10.0. The number of unbranched alkanes of at least 4 members (excludes halogenated alkanes) is 61. The lowest BCUT2D eigenvalue weighted by Crippen LogP contribution is -2.45. The minimum atomic E-state index is -0.842. The average molecular weight is 1160 g/mol. The van der Waals surface area contributed by atoms with Crippen LogP contribution in [0.5, 0.6) is 0 Å². The summed E-state index contributed by atoms with van der Waals surface area (Å²) >= 11 is 0. The van der Waals surface area contributed by atoms with Crippen molar-refractivity contribution in [2.45, 2.75) is 450 Å². The molecule has 2 atom stereocenters. The molecule has 0 radical (unpaired) electrons. The molecule has 0 aliphatic rings. The SMILES string of the molecule is CCCCCCCCCCCCCCCCCCCCCC/C=C/C(O)C(CO)NC(=O)CCCCCCCCCCCCCCCCCCCCCCCCCCCCCCCOC(=O)CCCCCCCCCCCCCCCC. The first-order valence-corrected chi connectivity index (χ1v) is 38.0. The summed E-state index contributed by atoms with van der Waals surface area (Å²) in [4.78, 5) is 24.6. The van der Waals surface area contributed by atoms with Crippen LogP contribution in [0.3, 0.4) is 0 Å². The number of ether oxygens (including phenoxy) is 1. The number of carbonyl (C=O) groups excluding carboxylic acids is 2. The molecule has 6 heteroatoms. The minimum absolute atomic E-state index is 0.0226. The molecule has 0 fully saturated rings. The Morgan fingerprint density at radius 1 is 0.329 bits per heavy atom. The molecular weight excluding hydrogens is 1010 g/mol. The zero-order chi connectivity index (χ0) is 59.2. The van der Waals surface area contributed by atoms with Crippen LogP contribution in [0.15, 0.2) is 12.2 Å². The lowest BCUT2D eigenvalue weighted by Gasteiger charge is -2.20. The maximum absolute atomic E-state index is 12.5. The average Bonchev–Trinajstić information content (AvgIpc) is 3.48. The van der Waals surface area contributed by atoms with Crippen molar-refractivity contribution < 1.29 is 24.5 Å². The number of carbonyl (C=O) groups is 2. The summed E-state index contributed by atoms with van der Waals surface area (Å²) in [5, 5.41) is 23.3. The van der Waals surface area contributed by atoms with Gasteiger partial charge in [0.1, 0.15) is 0 Å². The van der Waals surface area contributed by atoms with Gasteiger partial charge in [0, 0.05) is 12.8 Å². The molecule has 0 spiro atoms. The van der Waals surface area contributed by atoms with E-state index >= 15 is 0 Å². The summed E-state index contributed by atoms with van der Waals surface area (Å²) in [7, 11) is 0. The van der Waals surface area contributed by atoms with Gasteiger partial charge in [-0.25, -0.2) is 0 Å². The molecule has 82 heavy (non-hydrogen) atoms. The van der Waals surface area contributed by atoms with Crippen LogP contribution in [0.1, 0.15) is 438 Å². The van der Waals surface area contributed by atoms with Crippen LogP contribution in [-0.4, -0.2) is 47.4 Å². The van der Waals surface area contributed by atoms with Crippen molar-refractivity contribution in [2.75, 3.05) is 13.2 Å². The smallest absolute Gasteiger partial charge is 0.305 e. The topological polar surface area (TPSA) is 95.9 Å². The van der Waals surface area contributed by atoms with Crippen LogP contribution in [0, 0.1) is 0 Å². The van der Waals surface area contributed by atoms with Crippen LogP contribution in [-0.2, 0) is 14.3 Å². The molecule has 2 unspecified atom stereocenters. The van der Waals surface area contributed by atoms with Crippen LogP contribution in [0.4, 0.5) is 0 Å². The van der Waals surface area contributed by atoms with E-state index in [4.69, 9.17) is 4.74 Å². The number of allylic oxidation sites excluding steroid dienone is 1. The maximum Gasteiger partial charge on any atom is 0.305 e. The van der Waals surface area contributed by atoms with Gasteiger partial charge in [-0.1, -0.05) is 405 Å². The third kappa shape index (κ3) is 67.7. The van der Waals surface area contributed by atoms with E-state index in [0.29, 0.717) is 19.4 Å². The maximum atomic E-state index is 12.5. The lowest BCUT2D eigenvalue weighted by molar-refractivity contribution is -0.143. The number of amides is 1. The van der Waals surface area contributed by atoms with Gasteiger partial charge in [0.15, 0.2) is 0 Å². The molecule has 1 amide bonds. The standard InChI is InChI=1S/C76H149NO5/c1-3-5-7-9-11-13-15-17-19-20-21-22-32-35-38-41-44-48-52-56-60-64-68-74(79)73(72-78)77-75(80)69-65-61-57-53-49-45-42-39-36-33-30-28-26-24-23-25-27-29-31-34-37-40-43-47-51-55-59-63-67-71-82-76(81)70-66-62-58-54-50-46-18-16-14-12-10-8-6-4-2/h64,68,73-74,78-79H,3-63,65-67,69-72H2,1-2H3,(H,77,80)/b68-64+. The van der Waals surface area contributed by atoms with E-state index in [9.17, 15) is 19.8 Å². The Bertz CT molecular complexity index is 1240. The van der Waals surface area contributed by atoms with E-state index in [1.807, 2.05) is 6.08 Å². The van der Waals surface area contributed by atoms with Crippen molar-refractivity contribution in [1.82, 2.24) is 5.32 Å². The van der Waals surface area contributed by atoms with Crippen LogP contribution >= 0.6 is 0 Å². The van der Waals surface area contributed by atoms with E-state index < -0.39 is 12.1 Å². The second-order valence-electron chi connectivity index (χ2n) is 26.4. The van der Waals surface area contributed by atoms with Gasteiger partial charge in [-0.2, -0.15) is 0 Å². The Hall–Kier alpha value is -1.40. The molecule has 3 N–H and O–H groups in total. The van der Waals surface area contributed by atoms with Crippen molar-refractivity contribution in [1.29, 1.82) is 0 Å². The van der Waals surface area contributed by atoms with E-state index in [1.54, 1.807) is 6.08 Å². The highest BCUT2D eigenvalue weighted by Gasteiger charge is 2.18. The first-order chi connectivity index (χ1) is 40.5. The first kappa shape index (κ1) is 80.6. The summed E-state index contributed by atoms with van der Waals surface area (Å²) in [5.41, 5.74) is 0. The second-order valence-corrected chi connectivity index (χ2v) is 26.4. The van der Waals surface area contributed by atoms with E-state index in [-0.39, 0.29) is 18.5 Å². The molecule has 0 bridgehead atoms.